The summed E-state index contributed by atoms with van der Waals surface area (Å²) in [5.74, 6) is -0.967. The summed E-state index contributed by atoms with van der Waals surface area (Å²) < 4.78 is 11.9. The first-order chi connectivity index (χ1) is 13.0. The number of carbonyl (C=O) groups is 3. The number of ether oxygens (including phenoxy) is 2. The zero-order valence-corrected chi connectivity index (χ0v) is 15.8. The summed E-state index contributed by atoms with van der Waals surface area (Å²) in [7, 11) is 0. The van der Waals surface area contributed by atoms with Crippen LogP contribution in [0.5, 0.6) is 0 Å². The minimum absolute atomic E-state index is 0.00183. The van der Waals surface area contributed by atoms with Crippen molar-refractivity contribution in [3.05, 3.63) is 46.9 Å². The summed E-state index contributed by atoms with van der Waals surface area (Å²) in [5, 5.41) is 0.498. The Bertz CT molecular complexity index is 921. The molecule has 9 heteroatoms. The number of amides is 1. The molecule has 0 spiro atoms. The van der Waals surface area contributed by atoms with Crippen LogP contribution in [0, 0.1) is 6.92 Å². The number of hydrogen-bond donors (Lipinski definition) is 0. The molecule has 0 saturated carbocycles. The maximum Gasteiger partial charge on any atom is 0.358 e. The lowest BCUT2D eigenvalue weighted by atomic mass is 10.4. The minimum Gasteiger partial charge on any atom is -0.463 e. The number of carbonyl (C=O) groups excluding carboxylic acids is 3. The van der Waals surface area contributed by atoms with Crippen LogP contribution in [0.2, 0.25) is 0 Å². The molecule has 2 aromatic heterocycles. The lowest BCUT2D eigenvalue weighted by Gasteiger charge is -2.16. The quantitative estimate of drug-likeness (QED) is 0.549. The molecule has 0 atom stereocenters. The fraction of sp³-hybridized carbons (Fsp3) is 0.333. The summed E-state index contributed by atoms with van der Waals surface area (Å²) in [6, 6.07) is 5.58. The van der Waals surface area contributed by atoms with E-state index >= 15 is 0 Å². The van der Waals surface area contributed by atoms with Gasteiger partial charge in [-0.25, -0.2) is 14.6 Å². The van der Waals surface area contributed by atoms with Gasteiger partial charge in [-0.3, -0.25) is 4.79 Å². The molecule has 0 aromatic carbocycles. The SMILES string of the molecule is CCOC(=O)/C=C1\SCC(=O)N1CCOC(=O)c1cn2c(C)cccc2n1. The lowest BCUT2D eigenvalue weighted by Crippen LogP contribution is -2.29. The van der Waals surface area contributed by atoms with E-state index in [1.54, 1.807) is 23.6 Å². The van der Waals surface area contributed by atoms with Crippen LogP contribution in [0.3, 0.4) is 0 Å². The predicted octanol–water partition coefficient (Wildman–Crippen LogP) is 1.78. The van der Waals surface area contributed by atoms with Crippen molar-refractivity contribution >= 4 is 35.3 Å². The molecular formula is C18H19N3O5S. The average Bonchev–Trinajstić information content (AvgIpc) is 3.21. The van der Waals surface area contributed by atoms with Crippen LogP contribution in [0.25, 0.3) is 5.65 Å². The second-order valence-corrected chi connectivity index (χ2v) is 6.72. The fourth-order valence-electron chi connectivity index (χ4n) is 2.60. The third kappa shape index (κ3) is 4.30. The number of imidazole rings is 1. The molecule has 1 aliphatic rings. The van der Waals surface area contributed by atoms with Gasteiger partial charge < -0.3 is 18.8 Å². The number of pyridine rings is 1. The molecule has 0 radical (unpaired) electrons. The van der Waals surface area contributed by atoms with Crippen LogP contribution < -0.4 is 0 Å². The standard InChI is InChI=1S/C18H19N3O5S/c1-3-25-17(23)9-16-20(15(22)11-27-16)7-8-26-18(24)13-10-21-12(2)5-4-6-14(21)19-13/h4-6,9-10H,3,7-8,11H2,1-2H3/b16-9-. The van der Waals surface area contributed by atoms with Gasteiger partial charge in [-0.1, -0.05) is 17.8 Å². The number of hydrogen-bond acceptors (Lipinski definition) is 7. The van der Waals surface area contributed by atoms with E-state index in [9.17, 15) is 14.4 Å². The third-order valence-corrected chi connectivity index (χ3v) is 4.92. The molecule has 0 bridgehead atoms. The van der Waals surface area contributed by atoms with Gasteiger partial charge in [0.2, 0.25) is 5.91 Å². The lowest BCUT2D eigenvalue weighted by molar-refractivity contribution is -0.137. The van der Waals surface area contributed by atoms with Crippen molar-refractivity contribution in [3.8, 4) is 0 Å². The van der Waals surface area contributed by atoms with E-state index in [2.05, 4.69) is 4.98 Å². The summed E-state index contributed by atoms with van der Waals surface area (Å²) >= 11 is 1.25. The van der Waals surface area contributed by atoms with Gasteiger partial charge in [0, 0.05) is 11.9 Å². The monoisotopic (exact) mass is 389 g/mol. The van der Waals surface area contributed by atoms with Gasteiger partial charge in [-0.05, 0) is 26.0 Å². The summed E-state index contributed by atoms with van der Waals surface area (Å²) in [6.07, 6.45) is 2.90. The van der Waals surface area contributed by atoms with Crippen LogP contribution in [-0.4, -0.2) is 57.6 Å². The zero-order chi connectivity index (χ0) is 19.4. The molecule has 142 valence electrons. The van der Waals surface area contributed by atoms with E-state index in [0.717, 1.165) is 5.69 Å². The first-order valence-corrected chi connectivity index (χ1v) is 9.41. The Morgan fingerprint density at radius 3 is 2.89 bits per heavy atom. The number of fused-ring (bicyclic) bond motifs is 1. The highest BCUT2D eigenvalue weighted by Crippen LogP contribution is 2.28. The van der Waals surface area contributed by atoms with Crippen LogP contribution in [0.15, 0.2) is 35.5 Å². The van der Waals surface area contributed by atoms with E-state index in [-0.39, 0.29) is 37.1 Å². The number of thioether (sulfide) groups is 1. The van der Waals surface area contributed by atoms with Crippen molar-refractivity contribution in [2.24, 2.45) is 0 Å². The first-order valence-electron chi connectivity index (χ1n) is 8.43. The van der Waals surface area contributed by atoms with Crippen molar-refractivity contribution in [2.45, 2.75) is 13.8 Å². The molecule has 8 nitrogen and oxygen atoms in total. The van der Waals surface area contributed by atoms with Gasteiger partial charge in [0.1, 0.15) is 12.3 Å². The highest BCUT2D eigenvalue weighted by atomic mass is 32.2. The second-order valence-electron chi connectivity index (χ2n) is 5.73. The Balaban J connectivity index is 1.60. The maximum absolute atomic E-state index is 12.2. The summed E-state index contributed by atoms with van der Waals surface area (Å²) in [4.78, 5) is 41.5. The molecule has 3 rings (SSSR count). The molecule has 0 unspecified atom stereocenters. The van der Waals surface area contributed by atoms with Gasteiger partial charge >= 0.3 is 11.9 Å². The van der Waals surface area contributed by atoms with Gasteiger partial charge in [-0.15, -0.1) is 0 Å². The Labute approximate surface area is 160 Å². The molecule has 3 heterocycles. The molecule has 0 N–H and O–H groups in total. The van der Waals surface area contributed by atoms with Gasteiger partial charge in [0.15, 0.2) is 5.69 Å². The number of nitrogens with zero attached hydrogens (tertiary/aromatic N) is 3. The number of esters is 2. The Morgan fingerprint density at radius 1 is 1.33 bits per heavy atom. The predicted molar refractivity (Wildman–Crippen MR) is 99.1 cm³/mol. The van der Waals surface area contributed by atoms with E-state index < -0.39 is 11.9 Å². The van der Waals surface area contributed by atoms with Crippen LogP contribution in [0.1, 0.15) is 23.1 Å². The topological polar surface area (TPSA) is 90.2 Å². The van der Waals surface area contributed by atoms with Crippen molar-refractivity contribution in [1.29, 1.82) is 0 Å². The Kier molecular flexibility index (Phi) is 5.80. The molecule has 1 aliphatic heterocycles. The van der Waals surface area contributed by atoms with Gasteiger partial charge in [-0.2, -0.15) is 0 Å². The smallest absolute Gasteiger partial charge is 0.358 e. The van der Waals surface area contributed by atoms with Crippen LogP contribution >= 0.6 is 11.8 Å². The summed E-state index contributed by atoms with van der Waals surface area (Å²) in [6.45, 7) is 4.05. The highest BCUT2D eigenvalue weighted by Gasteiger charge is 2.27. The summed E-state index contributed by atoms with van der Waals surface area (Å²) in [5.41, 5.74) is 1.81. The van der Waals surface area contributed by atoms with E-state index in [4.69, 9.17) is 9.47 Å². The largest absolute Gasteiger partial charge is 0.463 e. The van der Waals surface area contributed by atoms with E-state index in [1.807, 2.05) is 19.1 Å². The van der Waals surface area contributed by atoms with E-state index in [1.165, 1.54) is 22.7 Å². The molecule has 1 saturated heterocycles. The Morgan fingerprint density at radius 2 is 2.15 bits per heavy atom. The number of aryl methyl sites for hydroxylation is 1. The molecule has 27 heavy (non-hydrogen) atoms. The number of rotatable bonds is 6. The molecule has 1 fully saturated rings. The molecular weight excluding hydrogens is 370 g/mol. The van der Waals surface area contributed by atoms with Crippen molar-refractivity contribution in [1.82, 2.24) is 14.3 Å². The van der Waals surface area contributed by atoms with Crippen molar-refractivity contribution in [2.75, 3.05) is 25.5 Å². The van der Waals surface area contributed by atoms with E-state index in [0.29, 0.717) is 10.7 Å². The van der Waals surface area contributed by atoms with Crippen molar-refractivity contribution in [3.63, 3.8) is 0 Å². The molecule has 1 amide bonds. The van der Waals surface area contributed by atoms with Crippen LogP contribution in [-0.2, 0) is 19.1 Å². The molecule has 2 aromatic rings. The van der Waals surface area contributed by atoms with Gasteiger partial charge in [0.25, 0.3) is 0 Å². The highest BCUT2D eigenvalue weighted by molar-refractivity contribution is 8.04. The third-order valence-electron chi connectivity index (χ3n) is 3.89. The number of aromatic nitrogens is 2. The minimum atomic E-state index is -0.562. The van der Waals surface area contributed by atoms with Crippen molar-refractivity contribution < 1.29 is 23.9 Å². The van der Waals surface area contributed by atoms with Gasteiger partial charge in [0.05, 0.1) is 30.0 Å². The maximum atomic E-state index is 12.2. The first kappa shape index (κ1) is 19.0. The second kappa shape index (κ2) is 8.26. The molecule has 0 aliphatic carbocycles. The zero-order valence-electron chi connectivity index (χ0n) is 15.0. The normalized spacial score (nSPS) is 15.6. The Hall–Kier alpha value is -2.81. The average molecular weight is 389 g/mol. The fourth-order valence-corrected chi connectivity index (χ4v) is 3.56. The van der Waals surface area contributed by atoms with Crippen LogP contribution in [0.4, 0.5) is 0 Å².